The lowest BCUT2D eigenvalue weighted by molar-refractivity contribution is 0.652. The number of hydrogen-bond acceptors (Lipinski definition) is 3. The lowest BCUT2D eigenvalue weighted by Gasteiger charge is -2.02. The fourth-order valence-corrected chi connectivity index (χ4v) is 3.20. The molecule has 0 bridgehead atoms. The fourth-order valence-electron chi connectivity index (χ4n) is 3.20. The van der Waals surface area contributed by atoms with Gasteiger partial charge in [-0.1, -0.05) is 42.5 Å². The fraction of sp³-hybridized carbons (Fsp3) is 0.0833. The molecule has 0 aliphatic rings. The van der Waals surface area contributed by atoms with Gasteiger partial charge in [-0.3, -0.25) is 4.98 Å². The van der Waals surface area contributed by atoms with Crippen molar-refractivity contribution in [2.75, 3.05) is 0 Å². The molecule has 0 N–H and O–H groups in total. The molecule has 0 aliphatic carbocycles. The predicted molar refractivity (Wildman–Crippen MR) is 109 cm³/mol. The quantitative estimate of drug-likeness (QED) is 0.402. The summed E-state index contributed by atoms with van der Waals surface area (Å²) >= 11 is 0. The van der Waals surface area contributed by atoms with Gasteiger partial charge in [0.15, 0.2) is 0 Å². The number of benzene rings is 2. The van der Waals surface area contributed by atoms with Crippen LogP contribution < -0.4 is 0 Å². The molecule has 3 heteroatoms. The monoisotopic (exact) mass is 355 g/mol. The molecule has 3 aromatic heterocycles. The van der Waals surface area contributed by atoms with Crippen molar-refractivity contribution in [3.05, 3.63) is 95.8 Å². The van der Waals surface area contributed by atoms with Crippen molar-refractivity contribution in [2.45, 2.75) is 13.2 Å². The summed E-state index contributed by atoms with van der Waals surface area (Å²) in [6.45, 7) is -2.24. The van der Waals surface area contributed by atoms with E-state index in [2.05, 4.69) is 9.97 Å². The maximum Gasteiger partial charge on any atom is 0.227 e. The minimum Gasteiger partial charge on any atom is -0.437 e. The molecule has 27 heavy (non-hydrogen) atoms. The maximum absolute atomic E-state index is 8.58. The number of nitrogens with zero attached hydrogens (tertiary/aromatic N) is 2. The first-order valence-electron chi connectivity index (χ1n) is 11.1. The van der Waals surface area contributed by atoms with E-state index in [-0.39, 0.29) is 11.3 Å². The average molecular weight is 355 g/mol. The molecule has 2 aromatic carbocycles. The van der Waals surface area contributed by atoms with Crippen LogP contribution in [0.5, 0.6) is 0 Å². The molecule has 0 fully saturated rings. The van der Waals surface area contributed by atoms with E-state index in [4.69, 9.17) is 11.3 Å². The van der Waals surface area contributed by atoms with Crippen LogP contribution in [0.3, 0.4) is 0 Å². The number of aryl methyl sites for hydroxylation is 1. The van der Waals surface area contributed by atoms with Crippen LogP contribution in [0.15, 0.2) is 83.4 Å². The standard InChI is InChI=1S/C24H18N2O/c1-16-12-13-25-22(14-16)21-9-5-8-19-20-11-10-18(26-24(20)27-23(19)21)15-17-6-3-2-4-7-17/h2-14H,15H2,1H3/i1D3,15D2. The van der Waals surface area contributed by atoms with Crippen LogP contribution in [0.4, 0.5) is 0 Å². The molecule has 0 spiro atoms. The Morgan fingerprint density at radius 2 is 1.89 bits per heavy atom. The number of hydrogen-bond donors (Lipinski definition) is 0. The molecular weight excluding hydrogens is 332 g/mol. The van der Waals surface area contributed by atoms with Crippen molar-refractivity contribution in [2.24, 2.45) is 0 Å². The normalized spacial score (nSPS) is 15.0. The van der Waals surface area contributed by atoms with Gasteiger partial charge in [0.25, 0.3) is 0 Å². The SMILES string of the molecule is [2H]C([2H])([2H])c1ccnc(-c2cccc3c2oc2nc(C([2H])([2H])c4ccccc4)ccc23)c1. The average Bonchev–Trinajstić information content (AvgIpc) is 3.17. The van der Waals surface area contributed by atoms with E-state index in [9.17, 15) is 0 Å². The van der Waals surface area contributed by atoms with Crippen molar-refractivity contribution in [1.29, 1.82) is 0 Å². The van der Waals surface area contributed by atoms with E-state index >= 15 is 0 Å². The third-order valence-electron chi connectivity index (χ3n) is 4.45. The van der Waals surface area contributed by atoms with Crippen LogP contribution in [-0.2, 0) is 6.37 Å². The number of rotatable bonds is 3. The van der Waals surface area contributed by atoms with E-state index < -0.39 is 13.2 Å². The van der Waals surface area contributed by atoms with Gasteiger partial charge < -0.3 is 4.42 Å². The molecule has 5 rings (SSSR count). The topological polar surface area (TPSA) is 38.9 Å². The van der Waals surface area contributed by atoms with Crippen molar-refractivity contribution in [3.8, 4) is 11.3 Å². The molecule has 0 unspecified atom stereocenters. The van der Waals surface area contributed by atoms with E-state index in [0.717, 1.165) is 10.8 Å². The third kappa shape index (κ3) is 2.87. The van der Waals surface area contributed by atoms with Gasteiger partial charge in [-0.05, 0) is 48.3 Å². The zero-order chi connectivity index (χ0) is 22.5. The number of furan rings is 1. The molecule has 0 aliphatic heterocycles. The molecule has 0 radical (unpaired) electrons. The number of para-hydroxylation sites is 1. The van der Waals surface area contributed by atoms with Crippen molar-refractivity contribution in [3.63, 3.8) is 0 Å². The first-order valence-corrected chi connectivity index (χ1v) is 8.60. The van der Waals surface area contributed by atoms with E-state index in [1.165, 1.54) is 12.3 Å². The van der Waals surface area contributed by atoms with Crippen LogP contribution >= 0.6 is 0 Å². The Labute approximate surface area is 164 Å². The molecule has 0 atom stereocenters. The van der Waals surface area contributed by atoms with Crippen LogP contribution in [-0.4, -0.2) is 9.97 Å². The van der Waals surface area contributed by atoms with Gasteiger partial charge in [0.2, 0.25) is 5.71 Å². The molecule has 0 amide bonds. The molecule has 5 aromatic rings. The second-order valence-corrected chi connectivity index (χ2v) is 6.25. The smallest absolute Gasteiger partial charge is 0.227 e. The summed E-state index contributed by atoms with van der Waals surface area (Å²) in [4.78, 5) is 8.85. The highest BCUT2D eigenvalue weighted by molar-refractivity contribution is 6.08. The Hall–Kier alpha value is -3.46. The van der Waals surface area contributed by atoms with Gasteiger partial charge in [-0.25, -0.2) is 4.98 Å². The van der Waals surface area contributed by atoms with Crippen molar-refractivity contribution in [1.82, 2.24) is 9.97 Å². The van der Waals surface area contributed by atoms with E-state index in [0.29, 0.717) is 28.1 Å². The van der Waals surface area contributed by atoms with Crippen molar-refractivity contribution >= 4 is 22.1 Å². The van der Waals surface area contributed by atoms with Crippen molar-refractivity contribution < 1.29 is 11.3 Å². The highest BCUT2D eigenvalue weighted by Gasteiger charge is 2.14. The zero-order valence-electron chi connectivity index (χ0n) is 19.3. The molecule has 0 saturated carbocycles. The summed E-state index contributed by atoms with van der Waals surface area (Å²) < 4.78 is 46.2. The minimum absolute atomic E-state index is 0.201. The van der Waals surface area contributed by atoms with Gasteiger partial charge in [0, 0.05) is 41.5 Å². The summed E-state index contributed by atoms with van der Waals surface area (Å²) in [5, 5.41) is 1.55. The Bertz CT molecular complexity index is 1440. The summed E-state index contributed by atoms with van der Waals surface area (Å²) in [5.74, 6) is 0. The van der Waals surface area contributed by atoms with Gasteiger partial charge in [-0.15, -0.1) is 0 Å². The Morgan fingerprint density at radius 1 is 0.963 bits per heavy atom. The van der Waals surface area contributed by atoms with Crippen LogP contribution in [0, 0.1) is 6.85 Å². The summed E-state index contributed by atoms with van der Waals surface area (Å²) in [6, 6.07) is 20.9. The number of pyridine rings is 2. The highest BCUT2D eigenvalue weighted by Crippen LogP contribution is 2.34. The predicted octanol–water partition coefficient (Wildman–Crippen LogP) is 5.94. The van der Waals surface area contributed by atoms with E-state index in [1.54, 1.807) is 42.5 Å². The molecular formula is C24H18N2O. The zero-order valence-corrected chi connectivity index (χ0v) is 14.3. The van der Waals surface area contributed by atoms with Gasteiger partial charge in [-0.2, -0.15) is 0 Å². The Morgan fingerprint density at radius 3 is 2.78 bits per heavy atom. The van der Waals surface area contributed by atoms with Gasteiger partial charge in [0.05, 0.1) is 5.69 Å². The summed E-state index contributed by atoms with van der Waals surface area (Å²) in [6.07, 6.45) is -0.309. The largest absolute Gasteiger partial charge is 0.437 e. The molecule has 3 heterocycles. The summed E-state index contributed by atoms with van der Waals surface area (Å²) in [5.41, 5.74) is 2.95. The van der Waals surface area contributed by atoms with Crippen LogP contribution in [0.1, 0.15) is 23.7 Å². The number of fused-ring (bicyclic) bond motifs is 3. The van der Waals surface area contributed by atoms with Gasteiger partial charge >= 0.3 is 0 Å². The Kier molecular flexibility index (Phi) is 2.66. The molecule has 0 saturated heterocycles. The minimum atomic E-state index is -2.24. The van der Waals surface area contributed by atoms with Crippen LogP contribution in [0.2, 0.25) is 0 Å². The first kappa shape index (κ1) is 11.3. The molecule has 130 valence electrons. The second kappa shape index (κ2) is 6.36. The van der Waals surface area contributed by atoms with Crippen LogP contribution in [0.25, 0.3) is 33.3 Å². The summed E-state index contributed by atoms with van der Waals surface area (Å²) in [7, 11) is 0. The lowest BCUT2D eigenvalue weighted by atomic mass is 10.1. The second-order valence-electron chi connectivity index (χ2n) is 6.25. The third-order valence-corrected chi connectivity index (χ3v) is 4.45. The maximum atomic E-state index is 8.58. The molecule has 3 nitrogen and oxygen atoms in total. The number of aromatic nitrogens is 2. The first-order chi connectivity index (χ1) is 15.2. The van der Waals surface area contributed by atoms with Gasteiger partial charge in [0.1, 0.15) is 5.58 Å². The lowest BCUT2D eigenvalue weighted by Crippen LogP contribution is -1.91. The highest BCUT2D eigenvalue weighted by atomic mass is 16.3. The van der Waals surface area contributed by atoms with E-state index in [1.807, 2.05) is 24.3 Å². The Balaban J connectivity index is 1.67.